The van der Waals surface area contributed by atoms with Crippen LogP contribution in [0.25, 0.3) is 0 Å². The number of anilines is 1. The molecule has 3 rings (SSSR count). The molecule has 3 aromatic carbocycles. The highest BCUT2D eigenvalue weighted by Crippen LogP contribution is 2.33. The molecule has 0 spiro atoms. The van der Waals surface area contributed by atoms with Crippen molar-refractivity contribution in [3.8, 4) is 5.75 Å². The maximum absolute atomic E-state index is 14.2. The first-order valence-corrected chi connectivity index (χ1v) is 15.5. The SMILES string of the molecule is CCOc1ccccc1N(CC(=O)N(Cc1cccc(C)c1)[C@@H](CC)C(=O)N[C@@H](C)CC)S(=O)(=O)c1ccccc1. The number of para-hydroxylation sites is 2. The van der Waals surface area contributed by atoms with E-state index in [0.717, 1.165) is 21.9 Å². The molecule has 8 nitrogen and oxygen atoms in total. The lowest BCUT2D eigenvalue weighted by Gasteiger charge is -2.34. The number of nitrogens with zero attached hydrogens (tertiary/aromatic N) is 2. The summed E-state index contributed by atoms with van der Waals surface area (Å²) in [6.45, 7) is 9.46. The molecule has 0 radical (unpaired) electrons. The number of aryl methyl sites for hydroxylation is 1. The maximum atomic E-state index is 14.2. The molecule has 9 heteroatoms. The first kappa shape index (κ1) is 31.7. The molecule has 0 saturated heterocycles. The van der Waals surface area contributed by atoms with Gasteiger partial charge in [0.05, 0.1) is 17.2 Å². The predicted molar refractivity (Wildman–Crippen MR) is 162 cm³/mol. The molecule has 0 bridgehead atoms. The highest BCUT2D eigenvalue weighted by atomic mass is 32.2. The van der Waals surface area contributed by atoms with Crippen molar-refractivity contribution >= 4 is 27.5 Å². The Bertz CT molecular complexity index is 1410. The van der Waals surface area contributed by atoms with Gasteiger partial charge in [0.25, 0.3) is 10.0 Å². The molecule has 0 heterocycles. The van der Waals surface area contributed by atoms with E-state index in [1.54, 1.807) is 42.5 Å². The van der Waals surface area contributed by atoms with Crippen LogP contribution >= 0.6 is 0 Å². The summed E-state index contributed by atoms with van der Waals surface area (Å²) in [5, 5.41) is 3.00. The van der Waals surface area contributed by atoms with Crippen LogP contribution in [0.2, 0.25) is 0 Å². The van der Waals surface area contributed by atoms with Gasteiger partial charge in [-0.1, -0.05) is 74.0 Å². The van der Waals surface area contributed by atoms with E-state index in [1.807, 2.05) is 58.9 Å². The van der Waals surface area contributed by atoms with E-state index in [4.69, 9.17) is 4.74 Å². The van der Waals surface area contributed by atoms with Gasteiger partial charge in [-0.2, -0.15) is 0 Å². The van der Waals surface area contributed by atoms with Crippen LogP contribution in [0, 0.1) is 6.92 Å². The van der Waals surface area contributed by atoms with Crippen molar-refractivity contribution in [2.75, 3.05) is 17.5 Å². The lowest BCUT2D eigenvalue weighted by atomic mass is 10.1. The van der Waals surface area contributed by atoms with Crippen molar-refractivity contribution < 1.29 is 22.7 Å². The van der Waals surface area contributed by atoms with Crippen molar-refractivity contribution in [2.45, 2.75) is 71.0 Å². The summed E-state index contributed by atoms with van der Waals surface area (Å²) in [6, 6.07) is 21.6. The second kappa shape index (κ2) is 14.7. The van der Waals surface area contributed by atoms with Crippen LogP contribution < -0.4 is 14.4 Å². The molecule has 2 atom stereocenters. The summed E-state index contributed by atoms with van der Waals surface area (Å²) >= 11 is 0. The number of hydrogen-bond acceptors (Lipinski definition) is 5. The molecule has 3 aromatic rings. The summed E-state index contributed by atoms with van der Waals surface area (Å²) in [5.74, 6) is -0.424. The Morgan fingerprint density at radius 2 is 1.59 bits per heavy atom. The standard InChI is InChI=1S/C32H41N3O5S/c1-6-25(5)33-32(37)28(7-2)34(22-26-16-14-15-24(4)21-26)31(36)23-35(29-19-12-13-20-30(29)40-8-3)41(38,39)27-17-10-9-11-18-27/h9-21,25,28H,6-8,22-23H2,1-5H3,(H,33,37)/t25-,28-/m0/s1. The fraction of sp³-hybridized carbons (Fsp3) is 0.375. The van der Waals surface area contributed by atoms with Gasteiger partial charge in [-0.05, 0) is 63.4 Å². The number of ether oxygens (including phenoxy) is 1. The Kier molecular flexibility index (Phi) is 11.3. The van der Waals surface area contributed by atoms with Crippen LogP contribution in [0.5, 0.6) is 5.75 Å². The fourth-order valence-corrected chi connectivity index (χ4v) is 5.99. The third-order valence-electron chi connectivity index (χ3n) is 6.87. The zero-order valence-electron chi connectivity index (χ0n) is 24.5. The molecule has 41 heavy (non-hydrogen) atoms. The van der Waals surface area contributed by atoms with Crippen LogP contribution in [-0.2, 0) is 26.2 Å². The molecule has 0 unspecified atom stereocenters. The van der Waals surface area contributed by atoms with E-state index in [2.05, 4.69) is 5.32 Å². The van der Waals surface area contributed by atoms with Crippen LogP contribution in [0.3, 0.4) is 0 Å². The minimum atomic E-state index is -4.17. The molecule has 0 aliphatic heterocycles. The average molecular weight is 580 g/mol. The van der Waals surface area contributed by atoms with Gasteiger partial charge in [0.2, 0.25) is 11.8 Å². The number of hydrogen-bond donors (Lipinski definition) is 1. The normalized spacial score (nSPS) is 12.7. The number of carbonyl (C=O) groups excluding carboxylic acids is 2. The summed E-state index contributed by atoms with van der Waals surface area (Å²) < 4.78 is 34.9. The average Bonchev–Trinajstić information content (AvgIpc) is 2.96. The molecule has 0 aliphatic rings. The maximum Gasteiger partial charge on any atom is 0.264 e. The molecule has 220 valence electrons. The van der Waals surface area contributed by atoms with Gasteiger partial charge in [0.15, 0.2) is 0 Å². The number of sulfonamides is 1. The van der Waals surface area contributed by atoms with Gasteiger partial charge >= 0.3 is 0 Å². The van der Waals surface area contributed by atoms with E-state index in [1.165, 1.54) is 17.0 Å². The molecule has 0 aliphatic carbocycles. The van der Waals surface area contributed by atoms with E-state index in [-0.39, 0.29) is 29.1 Å². The molecule has 2 amide bonds. The summed E-state index contributed by atoms with van der Waals surface area (Å²) in [5.41, 5.74) is 2.12. The number of benzene rings is 3. The Morgan fingerprint density at radius 1 is 0.902 bits per heavy atom. The van der Waals surface area contributed by atoms with Crippen LogP contribution in [0.15, 0.2) is 83.8 Å². The first-order valence-electron chi connectivity index (χ1n) is 14.1. The van der Waals surface area contributed by atoms with E-state index in [0.29, 0.717) is 18.8 Å². The second-order valence-electron chi connectivity index (χ2n) is 9.98. The molecule has 0 fully saturated rings. The van der Waals surface area contributed by atoms with Gasteiger partial charge in [-0.15, -0.1) is 0 Å². The third-order valence-corrected chi connectivity index (χ3v) is 8.64. The summed E-state index contributed by atoms with van der Waals surface area (Å²) in [6.07, 6.45) is 1.10. The minimum absolute atomic E-state index is 0.0471. The second-order valence-corrected chi connectivity index (χ2v) is 11.8. The highest BCUT2D eigenvalue weighted by molar-refractivity contribution is 7.92. The van der Waals surface area contributed by atoms with Gasteiger partial charge in [0, 0.05) is 12.6 Å². The first-order chi connectivity index (χ1) is 19.6. The zero-order valence-corrected chi connectivity index (χ0v) is 25.4. The van der Waals surface area contributed by atoms with Crippen LogP contribution in [0.4, 0.5) is 5.69 Å². The molecular formula is C32H41N3O5S. The molecule has 0 saturated carbocycles. The number of carbonyl (C=O) groups is 2. The van der Waals surface area contributed by atoms with Crippen molar-refractivity contribution in [3.63, 3.8) is 0 Å². The lowest BCUT2D eigenvalue weighted by molar-refractivity contribution is -0.140. The minimum Gasteiger partial charge on any atom is -0.492 e. The van der Waals surface area contributed by atoms with E-state index < -0.39 is 28.5 Å². The number of amides is 2. The quantitative estimate of drug-likeness (QED) is 0.279. The molecular weight excluding hydrogens is 538 g/mol. The smallest absolute Gasteiger partial charge is 0.264 e. The van der Waals surface area contributed by atoms with Crippen molar-refractivity contribution in [1.82, 2.24) is 10.2 Å². The van der Waals surface area contributed by atoms with Crippen molar-refractivity contribution in [3.05, 3.63) is 90.0 Å². The highest BCUT2D eigenvalue weighted by Gasteiger charge is 2.35. The Hall–Kier alpha value is -3.85. The topological polar surface area (TPSA) is 96.0 Å². The van der Waals surface area contributed by atoms with Crippen molar-refractivity contribution in [1.29, 1.82) is 0 Å². The third kappa shape index (κ3) is 8.10. The number of nitrogens with one attached hydrogen (secondary N) is 1. The van der Waals surface area contributed by atoms with Gasteiger partial charge in [-0.25, -0.2) is 8.42 Å². The summed E-state index contributed by atoms with van der Waals surface area (Å²) in [4.78, 5) is 29.2. The largest absolute Gasteiger partial charge is 0.492 e. The van der Waals surface area contributed by atoms with Crippen LogP contribution in [-0.4, -0.2) is 50.4 Å². The van der Waals surface area contributed by atoms with Crippen LogP contribution in [0.1, 0.15) is 51.7 Å². The summed E-state index contributed by atoms with van der Waals surface area (Å²) in [7, 11) is -4.17. The Labute approximate surface area is 244 Å². The number of rotatable bonds is 14. The molecule has 1 N–H and O–H groups in total. The lowest BCUT2D eigenvalue weighted by Crippen LogP contribution is -2.53. The van der Waals surface area contributed by atoms with Gasteiger partial charge < -0.3 is 15.0 Å². The van der Waals surface area contributed by atoms with Crippen molar-refractivity contribution in [2.24, 2.45) is 0 Å². The molecule has 0 aromatic heterocycles. The van der Waals surface area contributed by atoms with E-state index in [9.17, 15) is 18.0 Å². The zero-order chi connectivity index (χ0) is 30.0. The van der Waals surface area contributed by atoms with Gasteiger partial charge in [0.1, 0.15) is 18.3 Å². The van der Waals surface area contributed by atoms with E-state index >= 15 is 0 Å². The predicted octanol–water partition coefficient (Wildman–Crippen LogP) is 5.31. The van der Waals surface area contributed by atoms with Gasteiger partial charge in [-0.3, -0.25) is 13.9 Å². The Morgan fingerprint density at radius 3 is 2.22 bits per heavy atom. The Balaban J connectivity index is 2.10. The monoisotopic (exact) mass is 579 g/mol. The fourth-order valence-electron chi connectivity index (χ4n) is 4.54.